The highest BCUT2D eigenvalue weighted by atomic mass is 35.5. The van der Waals surface area contributed by atoms with Crippen molar-refractivity contribution in [3.63, 3.8) is 0 Å². The SMILES string of the molecule is Clc1cc(-c2cccc3ccsc23)c(Cl)nn1. The van der Waals surface area contributed by atoms with E-state index in [0.29, 0.717) is 10.3 Å². The van der Waals surface area contributed by atoms with Crippen molar-refractivity contribution in [3.8, 4) is 11.1 Å². The molecule has 17 heavy (non-hydrogen) atoms. The molecule has 0 N–H and O–H groups in total. The summed E-state index contributed by atoms with van der Waals surface area (Å²) < 4.78 is 1.18. The first kappa shape index (κ1) is 11.0. The maximum absolute atomic E-state index is 6.07. The smallest absolute Gasteiger partial charge is 0.143 e. The molecule has 5 heteroatoms. The number of hydrogen-bond acceptors (Lipinski definition) is 3. The fourth-order valence-electron chi connectivity index (χ4n) is 1.75. The van der Waals surface area contributed by atoms with Crippen molar-refractivity contribution >= 4 is 44.6 Å². The number of fused-ring (bicyclic) bond motifs is 1. The second-order valence-corrected chi connectivity index (χ2v) is 5.18. The van der Waals surface area contributed by atoms with Crippen LogP contribution in [0.15, 0.2) is 35.7 Å². The summed E-state index contributed by atoms with van der Waals surface area (Å²) in [6.07, 6.45) is 0. The average Bonchev–Trinajstić information content (AvgIpc) is 2.80. The highest BCUT2D eigenvalue weighted by Crippen LogP contribution is 2.35. The molecule has 0 saturated carbocycles. The molecule has 0 aliphatic carbocycles. The number of thiophene rings is 1. The molecule has 84 valence electrons. The molecule has 0 spiro atoms. The van der Waals surface area contributed by atoms with E-state index in [9.17, 15) is 0 Å². The van der Waals surface area contributed by atoms with E-state index < -0.39 is 0 Å². The molecule has 0 aliphatic heterocycles. The van der Waals surface area contributed by atoms with Crippen LogP contribution in [0.1, 0.15) is 0 Å². The van der Waals surface area contributed by atoms with Crippen molar-refractivity contribution in [2.24, 2.45) is 0 Å². The van der Waals surface area contributed by atoms with Gasteiger partial charge in [-0.3, -0.25) is 0 Å². The molecule has 3 rings (SSSR count). The Morgan fingerprint density at radius 3 is 2.76 bits per heavy atom. The van der Waals surface area contributed by atoms with E-state index in [1.54, 1.807) is 17.4 Å². The molecule has 0 radical (unpaired) electrons. The van der Waals surface area contributed by atoms with Crippen molar-refractivity contribution in [1.29, 1.82) is 0 Å². The highest BCUT2D eigenvalue weighted by Gasteiger charge is 2.10. The lowest BCUT2D eigenvalue weighted by atomic mass is 10.1. The molecule has 2 aromatic heterocycles. The lowest BCUT2D eigenvalue weighted by Crippen LogP contribution is -1.88. The summed E-state index contributed by atoms with van der Waals surface area (Å²) in [4.78, 5) is 0. The molecule has 0 saturated heterocycles. The number of halogens is 2. The molecule has 0 bridgehead atoms. The summed E-state index contributed by atoms with van der Waals surface area (Å²) in [7, 11) is 0. The number of hydrogen-bond donors (Lipinski definition) is 0. The van der Waals surface area contributed by atoms with E-state index in [2.05, 4.69) is 27.7 Å². The van der Waals surface area contributed by atoms with E-state index in [1.807, 2.05) is 12.1 Å². The Morgan fingerprint density at radius 1 is 1.00 bits per heavy atom. The fraction of sp³-hybridized carbons (Fsp3) is 0. The van der Waals surface area contributed by atoms with Gasteiger partial charge in [0.25, 0.3) is 0 Å². The summed E-state index contributed by atoms with van der Waals surface area (Å²) in [5, 5.41) is 11.5. The third-order valence-corrected chi connectivity index (χ3v) is 3.92. The quantitative estimate of drug-likeness (QED) is 0.648. The average molecular weight is 281 g/mol. The van der Waals surface area contributed by atoms with Gasteiger partial charge in [0.2, 0.25) is 0 Å². The van der Waals surface area contributed by atoms with Gasteiger partial charge < -0.3 is 0 Å². The fourth-order valence-corrected chi connectivity index (χ4v) is 3.02. The first-order valence-electron chi connectivity index (χ1n) is 4.91. The topological polar surface area (TPSA) is 25.8 Å². The van der Waals surface area contributed by atoms with Gasteiger partial charge in [0.15, 0.2) is 10.3 Å². The Bertz CT molecular complexity index is 694. The van der Waals surface area contributed by atoms with Gasteiger partial charge in [-0.2, -0.15) is 0 Å². The Morgan fingerprint density at radius 2 is 1.88 bits per heavy atom. The zero-order valence-corrected chi connectivity index (χ0v) is 10.9. The van der Waals surface area contributed by atoms with Crippen LogP contribution in [-0.4, -0.2) is 10.2 Å². The number of nitrogens with zero attached hydrogens (tertiary/aromatic N) is 2. The molecule has 2 heterocycles. The van der Waals surface area contributed by atoms with E-state index >= 15 is 0 Å². The van der Waals surface area contributed by atoms with Gasteiger partial charge in [0, 0.05) is 15.8 Å². The van der Waals surface area contributed by atoms with Gasteiger partial charge in [0.05, 0.1) is 0 Å². The standard InChI is InChI=1S/C12H6Cl2N2S/c13-10-6-9(12(14)16-15-10)8-3-1-2-7-4-5-17-11(7)8/h1-6H. The second kappa shape index (κ2) is 4.26. The predicted octanol–water partition coefficient (Wildman–Crippen LogP) is 4.67. The van der Waals surface area contributed by atoms with Crippen molar-refractivity contribution in [1.82, 2.24) is 10.2 Å². The summed E-state index contributed by atoms with van der Waals surface area (Å²) in [6.45, 7) is 0. The minimum Gasteiger partial charge on any atom is -0.143 e. The Kier molecular flexibility index (Phi) is 2.74. The maximum atomic E-state index is 6.07. The van der Waals surface area contributed by atoms with E-state index in [4.69, 9.17) is 23.2 Å². The lowest BCUT2D eigenvalue weighted by Gasteiger charge is -2.04. The minimum atomic E-state index is 0.345. The molecule has 3 aromatic rings. The largest absolute Gasteiger partial charge is 0.159 e. The molecule has 0 aliphatic rings. The molecule has 0 fully saturated rings. The summed E-state index contributed by atoms with van der Waals surface area (Å²) in [6, 6.07) is 9.89. The van der Waals surface area contributed by atoms with Crippen molar-refractivity contribution < 1.29 is 0 Å². The van der Waals surface area contributed by atoms with E-state index in [1.165, 1.54) is 10.1 Å². The van der Waals surface area contributed by atoms with Crippen LogP contribution >= 0.6 is 34.5 Å². The monoisotopic (exact) mass is 280 g/mol. The summed E-state index contributed by atoms with van der Waals surface area (Å²) >= 11 is 13.6. The van der Waals surface area contributed by atoms with E-state index in [-0.39, 0.29) is 0 Å². The third kappa shape index (κ3) is 1.90. The molecular weight excluding hydrogens is 275 g/mol. The first-order valence-corrected chi connectivity index (χ1v) is 6.54. The summed E-state index contributed by atoms with van der Waals surface area (Å²) in [5.41, 5.74) is 1.86. The zero-order valence-electron chi connectivity index (χ0n) is 8.52. The Balaban J connectivity index is 2.34. The molecular formula is C12H6Cl2N2S. The Labute approximate surface area is 112 Å². The van der Waals surface area contributed by atoms with Crippen LogP contribution in [0.3, 0.4) is 0 Å². The van der Waals surface area contributed by atoms with Gasteiger partial charge in [-0.1, -0.05) is 41.4 Å². The molecule has 1 aromatic carbocycles. The third-order valence-electron chi connectivity index (χ3n) is 2.49. The Hall–Kier alpha value is -1.16. The van der Waals surface area contributed by atoms with Crippen LogP contribution in [0.4, 0.5) is 0 Å². The van der Waals surface area contributed by atoms with Gasteiger partial charge >= 0.3 is 0 Å². The number of aromatic nitrogens is 2. The zero-order chi connectivity index (χ0) is 11.8. The summed E-state index contributed by atoms with van der Waals surface area (Å²) in [5.74, 6) is 0. The van der Waals surface area contributed by atoms with Gasteiger partial charge in [-0.15, -0.1) is 21.5 Å². The number of rotatable bonds is 1. The molecule has 0 atom stereocenters. The molecule has 2 nitrogen and oxygen atoms in total. The van der Waals surface area contributed by atoms with Crippen LogP contribution in [-0.2, 0) is 0 Å². The van der Waals surface area contributed by atoms with Crippen LogP contribution in [0.5, 0.6) is 0 Å². The van der Waals surface area contributed by atoms with Gasteiger partial charge in [-0.05, 0) is 22.9 Å². The lowest BCUT2D eigenvalue weighted by molar-refractivity contribution is 1.03. The normalized spacial score (nSPS) is 10.9. The van der Waals surface area contributed by atoms with Crippen molar-refractivity contribution in [3.05, 3.63) is 46.0 Å². The number of benzene rings is 1. The van der Waals surface area contributed by atoms with Crippen molar-refractivity contribution in [2.75, 3.05) is 0 Å². The van der Waals surface area contributed by atoms with Gasteiger partial charge in [0.1, 0.15) is 0 Å². The van der Waals surface area contributed by atoms with Gasteiger partial charge in [-0.25, -0.2) is 0 Å². The maximum Gasteiger partial charge on any atom is 0.159 e. The molecule has 0 amide bonds. The minimum absolute atomic E-state index is 0.345. The van der Waals surface area contributed by atoms with Crippen molar-refractivity contribution in [2.45, 2.75) is 0 Å². The first-order chi connectivity index (χ1) is 8.25. The second-order valence-electron chi connectivity index (χ2n) is 3.52. The van der Waals surface area contributed by atoms with Crippen LogP contribution in [0, 0.1) is 0 Å². The van der Waals surface area contributed by atoms with Crippen LogP contribution in [0.25, 0.3) is 21.2 Å². The van der Waals surface area contributed by atoms with E-state index in [0.717, 1.165) is 11.1 Å². The predicted molar refractivity (Wildman–Crippen MR) is 72.9 cm³/mol. The van der Waals surface area contributed by atoms with Crippen LogP contribution < -0.4 is 0 Å². The van der Waals surface area contributed by atoms with Crippen LogP contribution in [0.2, 0.25) is 10.3 Å². The molecule has 0 unspecified atom stereocenters. The highest BCUT2D eigenvalue weighted by molar-refractivity contribution is 7.17.